The van der Waals surface area contributed by atoms with E-state index in [2.05, 4.69) is 10.4 Å². The van der Waals surface area contributed by atoms with E-state index in [0.717, 1.165) is 17.4 Å². The van der Waals surface area contributed by atoms with Crippen LogP contribution in [-0.4, -0.2) is 75.1 Å². The second-order valence-electron chi connectivity index (χ2n) is 9.78. The molecule has 1 saturated carbocycles. The van der Waals surface area contributed by atoms with E-state index in [0.29, 0.717) is 38.0 Å². The van der Waals surface area contributed by atoms with E-state index in [-0.39, 0.29) is 29.1 Å². The van der Waals surface area contributed by atoms with Gasteiger partial charge in [-0.05, 0) is 37.7 Å². The molecule has 2 N–H and O–H groups in total. The second-order valence-corrected chi connectivity index (χ2v) is 12.1. The Bertz CT molecular complexity index is 1340. The Morgan fingerprint density at radius 2 is 1.89 bits per heavy atom. The molecule has 35 heavy (non-hydrogen) atoms. The molecule has 2 aliphatic rings. The van der Waals surface area contributed by atoms with Crippen LogP contribution >= 0.6 is 0 Å². The van der Waals surface area contributed by atoms with Crippen LogP contribution in [-0.2, 0) is 21.2 Å². The summed E-state index contributed by atoms with van der Waals surface area (Å²) >= 11 is 0. The van der Waals surface area contributed by atoms with Crippen LogP contribution in [0.3, 0.4) is 0 Å². The van der Waals surface area contributed by atoms with Crippen LogP contribution in [0.4, 0.5) is 0 Å². The van der Waals surface area contributed by atoms with Crippen LogP contribution in [0.15, 0.2) is 17.1 Å². The van der Waals surface area contributed by atoms with Gasteiger partial charge < -0.3 is 15.3 Å². The highest BCUT2D eigenvalue weighted by molar-refractivity contribution is 7.91. The van der Waals surface area contributed by atoms with Crippen molar-refractivity contribution < 1.29 is 23.1 Å². The number of carbonyl (C=O) groups is 2. The standard InChI is InChI=1S/C23H31N5O6S/c1-14(2)13-27-21-15(4-7-18(29)26-10-8-17(9-11-26)35(3,33)34)12-24-28(21)23(32)19(22(27)31)20(30)25-16-5-6-16/h4,7,12,14,16-17,31H,5-6,8-11,13H2,1-3H3,(H,25,30). The molecule has 4 rings (SSSR count). The van der Waals surface area contributed by atoms with Gasteiger partial charge in [0.05, 0.1) is 11.4 Å². The number of rotatable bonds is 7. The SMILES string of the molecule is CC(C)Cn1c(O)c(C(=O)NC2CC2)c(=O)n2ncc(C=CC(=O)N3CCC(S(C)(=O)=O)CC3)c12. The number of sulfone groups is 1. The molecule has 0 spiro atoms. The maximum absolute atomic E-state index is 13.1. The van der Waals surface area contributed by atoms with Gasteiger partial charge in [-0.25, -0.2) is 8.42 Å². The number of aromatic hydroxyl groups is 1. The monoisotopic (exact) mass is 505 g/mol. The van der Waals surface area contributed by atoms with E-state index in [9.17, 15) is 27.9 Å². The lowest BCUT2D eigenvalue weighted by molar-refractivity contribution is -0.126. The number of hydrogen-bond donors (Lipinski definition) is 2. The van der Waals surface area contributed by atoms with Gasteiger partial charge in [-0.3, -0.25) is 19.0 Å². The van der Waals surface area contributed by atoms with Crippen LogP contribution in [0.2, 0.25) is 0 Å². The number of fused-ring (bicyclic) bond motifs is 1. The Hall–Kier alpha value is -3.15. The lowest BCUT2D eigenvalue weighted by Crippen LogP contribution is -2.41. The first-order chi connectivity index (χ1) is 16.5. The summed E-state index contributed by atoms with van der Waals surface area (Å²) < 4.78 is 26.1. The van der Waals surface area contributed by atoms with Gasteiger partial charge in [0.15, 0.2) is 5.56 Å². The van der Waals surface area contributed by atoms with Crippen molar-refractivity contribution in [1.82, 2.24) is 24.4 Å². The summed E-state index contributed by atoms with van der Waals surface area (Å²) in [6.45, 7) is 4.88. The zero-order valence-corrected chi connectivity index (χ0v) is 20.9. The zero-order chi connectivity index (χ0) is 25.5. The summed E-state index contributed by atoms with van der Waals surface area (Å²) in [6.07, 6.45) is 7.96. The molecule has 0 bridgehead atoms. The highest BCUT2D eigenvalue weighted by Gasteiger charge is 2.30. The van der Waals surface area contributed by atoms with Crippen LogP contribution in [0, 0.1) is 5.92 Å². The van der Waals surface area contributed by atoms with Crippen LogP contribution in [0.25, 0.3) is 11.7 Å². The molecule has 0 atom stereocenters. The van der Waals surface area contributed by atoms with Crippen molar-refractivity contribution in [2.24, 2.45) is 5.92 Å². The third-order valence-electron chi connectivity index (χ3n) is 6.36. The lowest BCUT2D eigenvalue weighted by Gasteiger charge is -2.30. The third-order valence-corrected chi connectivity index (χ3v) is 8.05. The van der Waals surface area contributed by atoms with Crippen molar-refractivity contribution in [3.05, 3.63) is 33.8 Å². The number of amides is 2. The number of nitrogens with one attached hydrogen (secondary N) is 1. The molecule has 1 aliphatic heterocycles. The highest BCUT2D eigenvalue weighted by Crippen LogP contribution is 2.25. The van der Waals surface area contributed by atoms with Gasteiger partial charge in [-0.1, -0.05) is 13.8 Å². The van der Waals surface area contributed by atoms with Crippen LogP contribution in [0.1, 0.15) is 55.5 Å². The van der Waals surface area contributed by atoms with Crippen molar-refractivity contribution >= 4 is 33.4 Å². The predicted octanol–water partition coefficient (Wildman–Crippen LogP) is 0.799. The Labute approximate surface area is 203 Å². The van der Waals surface area contributed by atoms with E-state index < -0.39 is 32.4 Å². The molecular weight excluding hydrogens is 474 g/mol. The smallest absolute Gasteiger partial charge is 0.291 e. The number of carbonyl (C=O) groups excluding carboxylic acids is 2. The van der Waals surface area contributed by atoms with Crippen molar-refractivity contribution in [3.63, 3.8) is 0 Å². The van der Waals surface area contributed by atoms with Crippen LogP contribution < -0.4 is 10.9 Å². The first kappa shape index (κ1) is 25.0. The molecule has 1 aliphatic carbocycles. The van der Waals surface area contributed by atoms with E-state index in [4.69, 9.17) is 0 Å². The zero-order valence-electron chi connectivity index (χ0n) is 20.1. The largest absolute Gasteiger partial charge is 0.494 e. The summed E-state index contributed by atoms with van der Waals surface area (Å²) in [5, 5.41) is 17.4. The minimum atomic E-state index is -3.13. The van der Waals surface area contributed by atoms with Gasteiger partial charge in [0.25, 0.3) is 11.5 Å². The number of hydrogen-bond acceptors (Lipinski definition) is 7. The van der Waals surface area contributed by atoms with Crippen LogP contribution in [0.5, 0.6) is 5.88 Å². The fourth-order valence-corrected chi connectivity index (χ4v) is 5.39. The fourth-order valence-electron chi connectivity index (χ4n) is 4.32. The lowest BCUT2D eigenvalue weighted by atomic mass is 10.1. The molecule has 0 aromatic carbocycles. The Kier molecular flexibility index (Phi) is 6.76. The average molecular weight is 506 g/mol. The first-order valence-corrected chi connectivity index (χ1v) is 13.7. The summed E-state index contributed by atoms with van der Waals surface area (Å²) in [4.78, 5) is 40.0. The van der Waals surface area contributed by atoms with Gasteiger partial charge in [0, 0.05) is 43.6 Å². The molecule has 2 fully saturated rings. The summed E-state index contributed by atoms with van der Waals surface area (Å²) in [6, 6.07) is 0.0141. The van der Waals surface area contributed by atoms with Gasteiger partial charge >= 0.3 is 0 Å². The normalized spacial score (nSPS) is 17.5. The minimum absolute atomic E-state index is 0.0141. The summed E-state index contributed by atoms with van der Waals surface area (Å²) in [7, 11) is -3.13. The van der Waals surface area contributed by atoms with Crippen molar-refractivity contribution in [1.29, 1.82) is 0 Å². The molecule has 2 amide bonds. The molecule has 190 valence electrons. The minimum Gasteiger partial charge on any atom is -0.494 e. The Morgan fingerprint density at radius 1 is 1.23 bits per heavy atom. The predicted molar refractivity (Wildman–Crippen MR) is 130 cm³/mol. The molecule has 0 unspecified atom stereocenters. The molecule has 0 radical (unpaired) electrons. The van der Waals surface area contributed by atoms with Gasteiger partial charge in [-0.15, -0.1) is 0 Å². The van der Waals surface area contributed by atoms with E-state index >= 15 is 0 Å². The van der Waals surface area contributed by atoms with E-state index in [1.165, 1.54) is 29.2 Å². The van der Waals surface area contributed by atoms with E-state index in [1.54, 1.807) is 4.90 Å². The van der Waals surface area contributed by atoms with E-state index in [1.807, 2.05) is 13.8 Å². The van der Waals surface area contributed by atoms with Crippen molar-refractivity contribution in [3.8, 4) is 5.88 Å². The third kappa shape index (κ3) is 5.26. The Balaban J connectivity index is 1.64. The quantitative estimate of drug-likeness (QED) is 0.530. The molecule has 1 saturated heterocycles. The van der Waals surface area contributed by atoms with Gasteiger partial charge in [-0.2, -0.15) is 9.61 Å². The molecule has 12 heteroatoms. The molecular formula is C23H31N5O6S. The molecule has 2 aromatic heterocycles. The molecule has 2 aromatic rings. The number of piperidine rings is 1. The molecule has 11 nitrogen and oxygen atoms in total. The number of nitrogens with zero attached hydrogens (tertiary/aromatic N) is 4. The maximum Gasteiger partial charge on any atom is 0.291 e. The van der Waals surface area contributed by atoms with Crippen molar-refractivity contribution in [2.45, 2.75) is 57.4 Å². The first-order valence-electron chi connectivity index (χ1n) is 11.8. The van der Waals surface area contributed by atoms with Gasteiger partial charge in [0.1, 0.15) is 15.5 Å². The summed E-state index contributed by atoms with van der Waals surface area (Å²) in [5.41, 5.74) is -0.367. The Morgan fingerprint density at radius 3 is 2.46 bits per heavy atom. The fraction of sp³-hybridized carbons (Fsp3) is 0.565. The van der Waals surface area contributed by atoms with Gasteiger partial charge in [0.2, 0.25) is 11.8 Å². The number of aromatic nitrogens is 3. The van der Waals surface area contributed by atoms with Crippen molar-refractivity contribution in [2.75, 3.05) is 19.3 Å². The second kappa shape index (κ2) is 9.48. The summed E-state index contributed by atoms with van der Waals surface area (Å²) in [5.74, 6) is -1.26. The maximum atomic E-state index is 13.1. The molecule has 3 heterocycles. The topological polar surface area (TPSA) is 143 Å². The highest BCUT2D eigenvalue weighted by atomic mass is 32.2. The number of likely N-dealkylation sites (tertiary alicyclic amines) is 1. The average Bonchev–Trinajstić information content (AvgIpc) is 3.49.